The molecule has 0 N–H and O–H groups in total. The molecule has 0 aliphatic rings. The van der Waals surface area contributed by atoms with Crippen molar-refractivity contribution in [2.45, 2.75) is 33.2 Å². The van der Waals surface area contributed by atoms with E-state index in [1.807, 2.05) is 49.4 Å². The Hall–Kier alpha value is -2.85. The summed E-state index contributed by atoms with van der Waals surface area (Å²) in [6.45, 7) is 6.47. The number of rotatable bonds is 7. The van der Waals surface area contributed by atoms with E-state index in [4.69, 9.17) is 16.3 Å². The zero-order valence-electron chi connectivity index (χ0n) is 16.9. The lowest BCUT2D eigenvalue weighted by Crippen LogP contribution is -2.35. The third kappa shape index (κ3) is 5.36. The summed E-state index contributed by atoms with van der Waals surface area (Å²) in [5.41, 5.74) is 3.03. The number of hydrogen-bond acceptors (Lipinski definition) is 3. The van der Waals surface area contributed by atoms with Gasteiger partial charge >= 0.3 is 0 Å². The van der Waals surface area contributed by atoms with E-state index in [1.54, 1.807) is 17.2 Å². The Morgan fingerprint density at radius 1 is 1.10 bits per heavy atom. The van der Waals surface area contributed by atoms with Crippen molar-refractivity contribution in [2.24, 2.45) is 0 Å². The lowest BCUT2D eigenvalue weighted by Gasteiger charge is -2.23. The Kier molecular flexibility index (Phi) is 6.89. The van der Waals surface area contributed by atoms with Crippen LogP contribution >= 0.6 is 11.6 Å². The molecule has 5 heteroatoms. The van der Waals surface area contributed by atoms with Gasteiger partial charge in [-0.3, -0.25) is 9.69 Å². The molecule has 0 fully saturated rings. The van der Waals surface area contributed by atoms with Crippen LogP contribution < -0.4 is 9.64 Å². The minimum absolute atomic E-state index is 0.0792. The SMILES string of the molecule is Cc1ccc(C(C)C)c(OCC(=O)N(Cc2ccccc2Cl)c2ccccn2)c1. The number of carbonyl (C=O) groups excluding carboxylic acids is 1. The number of aromatic nitrogens is 1. The third-order valence-electron chi connectivity index (χ3n) is 4.66. The van der Waals surface area contributed by atoms with Gasteiger partial charge in [-0.25, -0.2) is 4.98 Å². The van der Waals surface area contributed by atoms with Gasteiger partial charge in [-0.15, -0.1) is 0 Å². The number of ether oxygens (including phenoxy) is 1. The summed E-state index contributed by atoms with van der Waals surface area (Å²) >= 11 is 6.32. The molecule has 0 radical (unpaired) electrons. The maximum absolute atomic E-state index is 13.1. The fourth-order valence-corrected chi connectivity index (χ4v) is 3.26. The number of pyridine rings is 1. The molecule has 3 rings (SSSR count). The predicted molar refractivity (Wildman–Crippen MR) is 118 cm³/mol. The number of amides is 1. The van der Waals surface area contributed by atoms with Crippen molar-refractivity contribution in [2.75, 3.05) is 11.5 Å². The fraction of sp³-hybridized carbons (Fsp3) is 0.250. The van der Waals surface area contributed by atoms with Crippen LogP contribution in [0.25, 0.3) is 0 Å². The quantitative estimate of drug-likeness (QED) is 0.497. The molecule has 4 nitrogen and oxygen atoms in total. The first kappa shape index (κ1) is 20.9. The Morgan fingerprint density at radius 3 is 2.55 bits per heavy atom. The van der Waals surface area contributed by atoms with Crippen molar-refractivity contribution >= 4 is 23.3 Å². The number of aryl methyl sites for hydroxylation is 1. The maximum atomic E-state index is 13.1. The largest absolute Gasteiger partial charge is 0.483 e. The second-order valence-corrected chi connectivity index (χ2v) is 7.65. The molecule has 29 heavy (non-hydrogen) atoms. The topological polar surface area (TPSA) is 42.4 Å². The molecule has 0 aliphatic heterocycles. The molecule has 0 atom stereocenters. The van der Waals surface area contributed by atoms with Crippen LogP contribution in [0.5, 0.6) is 5.75 Å². The third-order valence-corrected chi connectivity index (χ3v) is 5.02. The summed E-state index contributed by atoms with van der Waals surface area (Å²) in [5.74, 6) is 1.43. The average molecular weight is 409 g/mol. The zero-order chi connectivity index (χ0) is 20.8. The van der Waals surface area contributed by atoms with E-state index in [9.17, 15) is 4.79 Å². The van der Waals surface area contributed by atoms with Gasteiger partial charge in [-0.05, 0) is 53.8 Å². The van der Waals surface area contributed by atoms with E-state index < -0.39 is 0 Å². The highest BCUT2D eigenvalue weighted by Crippen LogP contribution is 2.28. The van der Waals surface area contributed by atoms with E-state index in [0.717, 1.165) is 22.4 Å². The molecule has 0 spiro atoms. The van der Waals surface area contributed by atoms with Crippen LogP contribution in [0.3, 0.4) is 0 Å². The molecule has 0 bridgehead atoms. The van der Waals surface area contributed by atoms with E-state index in [-0.39, 0.29) is 12.5 Å². The Morgan fingerprint density at radius 2 is 1.86 bits per heavy atom. The van der Waals surface area contributed by atoms with Gasteiger partial charge < -0.3 is 4.74 Å². The Labute approximate surface area is 177 Å². The number of nitrogens with zero attached hydrogens (tertiary/aromatic N) is 2. The van der Waals surface area contributed by atoms with E-state index in [1.165, 1.54) is 0 Å². The van der Waals surface area contributed by atoms with Crippen LogP contribution in [-0.2, 0) is 11.3 Å². The first-order valence-electron chi connectivity index (χ1n) is 9.64. The Bertz CT molecular complexity index is 974. The molecule has 2 aromatic carbocycles. The molecule has 3 aromatic rings. The van der Waals surface area contributed by atoms with Crippen LogP contribution in [0, 0.1) is 6.92 Å². The normalized spacial score (nSPS) is 10.8. The number of carbonyl (C=O) groups is 1. The van der Waals surface area contributed by atoms with E-state index in [2.05, 4.69) is 31.0 Å². The molecule has 1 heterocycles. The molecule has 1 aromatic heterocycles. The molecule has 1 amide bonds. The van der Waals surface area contributed by atoms with Crippen molar-refractivity contribution in [3.63, 3.8) is 0 Å². The molecule has 0 saturated carbocycles. The maximum Gasteiger partial charge on any atom is 0.266 e. The highest BCUT2D eigenvalue weighted by Gasteiger charge is 2.20. The zero-order valence-corrected chi connectivity index (χ0v) is 17.7. The standard InChI is InChI=1S/C24H25ClN2O2/c1-17(2)20-12-11-18(3)14-22(20)29-16-24(28)27(23-10-6-7-13-26-23)15-19-8-4-5-9-21(19)25/h4-14,17H,15-16H2,1-3H3. The minimum atomic E-state index is -0.181. The molecule has 0 unspecified atom stereocenters. The number of halogens is 1. The van der Waals surface area contributed by atoms with Crippen molar-refractivity contribution in [3.8, 4) is 5.75 Å². The lowest BCUT2D eigenvalue weighted by atomic mass is 10.0. The van der Waals surface area contributed by atoms with E-state index >= 15 is 0 Å². The lowest BCUT2D eigenvalue weighted by molar-refractivity contribution is -0.120. The predicted octanol–water partition coefficient (Wildman–Crippen LogP) is 5.78. The summed E-state index contributed by atoms with van der Waals surface area (Å²) < 4.78 is 5.96. The number of hydrogen-bond donors (Lipinski definition) is 0. The first-order chi connectivity index (χ1) is 14.0. The summed E-state index contributed by atoms with van der Waals surface area (Å²) in [7, 11) is 0. The average Bonchev–Trinajstić information content (AvgIpc) is 2.72. The second-order valence-electron chi connectivity index (χ2n) is 7.24. The van der Waals surface area contributed by atoms with Crippen molar-refractivity contribution in [1.29, 1.82) is 0 Å². The van der Waals surface area contributed by atoms with Crippen molar-refractivity contribution < 1.29 is 9.53 Å². The molecule has 0 saturated heterocycles. The van der Waals surface area contributed by atoms with Gasteiger partial charge in [0.2, 0.25) is 0 Å². The number of benzene rings is 2. The van der Waals surface area contributed by atoms with Gasteiger partial charge in [0.25, 0.3) is 5.91 Å². The summed E-state index contributed by atoms with van der Waals surface area (Å²) in [4.78, 5) is 19.1. The highest BCUT2D eigenvalue weighted by atomic mass is 35.5. The van der Waals surface area contributed by atoms with Gasteiger partial charge in [-0.2, -0.15) is 0 Å². The summed E-state index contributed by atoms with van der Waals surface area (Å²) in [5, 5.41) is 0.614. The first-order valence-corrected chi connectivity index (χ1v) is 10.0. The van der Waals surface area contributed by atoms with Crippen molar-refractivity contribution in [3.05, 3.63) is 88.6 Å². The summed E-state index contributed by atoms with van der Waals surface area (Å²) in [6, 6.07) is 19.1. The van der Waals surface area contributed by atoms with Gasteiger partial charge in [0, 0.05) is 11.2 Å². The smallest absolute Gasteiger partial charge is 0.266 e. The van der Waals surface area contributed by atoms with Crippen LogP contribution in [0.4, 0.5) is 5.82 Å². The van der Waals surface area contributed by atoms with Gasteiger partial charge in [-0.1, -0.05) is 61.8 Å². The minimum Gasteiger partial charge on any atom is -0.483 e. The van der Waals surface area contributed by atoms with Crippen LogP contribution in [0.15, 0.2) is 66.9 Å². The van der Waals surface area contributed by atoms with Crippen LogP contribution in [0.1, 0.15) is 36.5 Å². The summed E-state index contributed by atoms with van der Waals surface area (Å²) in [6.07, 6.45) is 1.67. The Balaban J connectivity index is 1.83. The van der Waals surface area contributed by atoms with Crippen molar-refractivity contribution in [1.82, 2.24) is 4.98 Å². The monoisotopic (exact) mass is 408 g/mol. The second kappa shape index (κ2) is 9.57. The van der Waals surface area contributed by atoms with Gasteiger partial charge in [0.15, 0.2) is 6.61 Å². The molecule has 150 valence electrons. The molecule has 0 aliphatic carbocycles. The van der Waals surface area contributed by atoms with Gasteiger partial charge in [0.1, 0.15) is 11.6 Å². The van der Waals surface area contributed by atoms with Crippen LogP contribution in [-0.4, -0.2) is 17.5 Å². The molecular weight excluding hydrogens is 384 g/mol. The van der Waals surface area contributed by atoms with Gasteiger partial charge in [0.05, 0.1) is 6.54 Å². The molecular formula is C24H25ClN2O2. The fourth-order valence-electron chi connectivity index (χ4n) is 3.07. The van der Waals surface area contributed by atoms with Crippen LogP contribution in [0.2, 0.25) is 5.02 Å². The number of anilines is 1. The highest BCUT2D eigenvalue weighted by molar-refractivity contribution is 6.31. The van der Waals surface area contributed by atoms with E-state index in [0.29, 0.717) is 23.3 Å².